The molecule has 0 saturated carbocycles. The van der Waals surface area contributed by atoms with E-state index in [4.69, 9.17) is 33.9 Å². The highest BCUT2D eigenvalue weighted by Crippen LogP contribution is 2.17. The molecule has 0 amide bonds. The second kappa shape index (κ2) is 12.9. The van der Waals surface area contributed by atoms with Gasteiger partial charge in [-0.1, -0.05) is 50.2 Å². The Kier molecular flexibility index (Phi) is 13.3. The monoisotopic (exact) mass is 312 g/mol. The highest BCUT2D eigenvalue weighted by atomic mass is 32.2. The Morgan fingerprint density at radius 2 is 1.29 bits per heavy atom. The molecule has 0 atom stereocenters. The minimum Gasteiger partial charge on any atom is -0.479 e. The Hall–Kier alpha value is 0.480. The summed E-state index contributed by atoms with van der Waals surface area (Å²) >= 11 is 13.1. The summed E-state index contributed by atoms with van der Waals surface area (Å²) in [5.41, 5.74) is 0. The topological polar surface area (TPSA) is 18.5 Å². The van der Waals surface area contributed by atoms with E-state index in [-0.39, 0.29) is 0 Å². The van der Waals surface area contributed by atoms with E-state index < -0.39 is 0 Å². The lowest BCUT2D eigenvalue weighted by Crippen LogP contribution is -2.02. The van der Waals surface area contributed by atoms with Gasteiger partial charge in [0.1, 0.15) is 0 Å². The Bertz CT molecular complexity index is 200. The Morgan fingerprint density at radius 1 is 0.882 bits per heavy atom. The van der Waals surface area contributed by atoms with Crippen molar-refractivity contribution in [3.05, 3.63) is 0 Å². The van der Waals surface area contributed by atoms with Gasteiger partial charge in [0.2, 0.25) is 8.77 Å². The summed E-state index contributed by atoms with van der Waals surface area (Å²) < 4.78 is 11.9. The predicted octanol–water partition coefficient (Wildman–Crippen LogP) is 4.61. The maximum atomic E-state index is 5.36. The van der Waals surface area contributed by atoms with Crippen LogP contribution in [0.1, 0.15) is 39.5 Å². The quantitative estimate of drug-likeness (QED) is 0.367. The van der Waals surface area contributed by atoms with Gasteiger partial charge >= 0.3 is 0 Å². The summed E-state index contributed by atoms with van der Waals surface area (Å²) in [6.45, 7) is 5.68. The van der Waals surface area contributed by atoms with Crippen molar-refractivity contribution in [2.75, 3.05) is 18.3 Å². The van der Waals surface area contributed by atoms with Crippen LogP contribution >= 0.6 is 48.0 Å². The van der Waals surface area contributed by atoms with Gasteiger partial charge in [-0.25, -0.2) is 0 Å². The number of unbranched alkanes of at least 4 members (excludes halogenated alkanes) is 2. The molecule has 0 fully saturated rings. The summed E-state index contributed by atoms with van der Waals surface area (Å²) in [5, 5.41) is 0.760. The van der Waals surface area contributed by atoms with Crippen LogP contribution in [0.4, 0.5) is 0 Å². The van der Waals surface area contributed by atoms with E-state index in [0.29, 0.717) is 22.0 Å². The summed E-state index contributed by atoms with van der Waals surface area (Å²) in [4.78, 5) is 0. The first kappa shape index (κ1) is 17.5. The minimum absolute atomic E-state index is 0.599. The van der Waals surface area contributed by atoms with E-state index in [9.17, 15) is 0 Å². The lowest BCUT2D eigenvalue weighted by Gasteiger charge is -2.07. The molecule has 2 nitrogen and oxygen atoms in total. The molecular formula is C11H20O2S4. The van der Waals surface area contributed by atoms with Crippen LogP contribution in [0.15, 0.2) is 0 Å². The molecule has 0 aliphatic rings. The van der Waals surface area contributed by atoms with Crippen LogP contribution < -0.4 is 0 Å². The third kappa shape index (κ3) is 12.7. The summed E-state index contributed by atoms with van der Waals surface area (Å²) in [6.07, 6.45) is 4.34. The molecule has 100 valence electrons. The van der Waals surface area contributed by atoms with Crippen LogP contribution in [0.2, 0.25) is 0 Å². The molecule has 0 rings (SSSR count). The smallest absolute Gasteiger partial charge is 0.220 e. The molecule has 0 aromatic rings. The van der Waals surface area contributed by atoms with Crippen molar-refractivity contribution >= 4 is 56.7 Å². The van der Waals surface area contributed by atoms with Crippen molar-refractivity contribution in [2.24, 2.45) is 0 Å². The van der Waals surface area contributed by atoms with Gasteiger partial charge in [0.15, 0.2) is 0 Å². The fourth-order valence-corrected chi connectivity index (χ4v) is 3.18. The fourth-order valence-electron chi connectivity index (χ4n) is 0.809. The first-order valence-electron chi connectivity index (χ1n) is 5.79. The van der Waals surface area contributed by atoms with Gasteiger partial charge in [-0.05, 0) is 37.3 Å². The molecule has 0 aliphatic carbocycles. The van der Waals surface area contributed by atoms with Gasteiger partial charge in [-0.15, -0.1) is 0 Å². The van der Waals surface area contributed by atoms with Crippen molar-refractivity contribution in [3.63, 3.8) is 0 Å². The largest absolute Gasteiger partial charge is 0.479 e. The molecule has 0 aromatic carbocycles. The number of hydrogen-bond acceptors (Lipinski definition) is 6. The molecule has 0 unspecified atom stereocenters. The molecule has 0 aromatic heterocycles. The van der Waals surface area contributed by atoms with E-state index >= 15 is 0 Å². The van der Waals surface area contributed by atoms with Crippen LogP contribution in [0.25, 0.3) is 0 Å². The van der Waals surface area contributed by atoms with Gasteiger partial charge in [-0.2, -0.15) is 0 Å². The van der Waals surface area contributed by atoms with Crippen molar-refractivity contribution in [3.8, 4) is 0 Å². The molecule has 0 bridgehead atoms. The zero-order valence-electron chi connectivity index (χ0n) is 10.4. The third-order valence-electron chi connectivity index (χ3n) is 1.79. The van der Waals surface area contributed by atoms with Crippen molar-refractivity contribution < 1.29 is 9.47 Å². The van der Waals surface area contributed by atoms with E-state index in [1.54, 1.807) is 0 Å². The van der Waals surface area contributed by atoms with E-state index in [1.165, 1.54) is 23.5 Å². The van der Waals surface area contributed by atoms with Crippen LogP contribution in [-0.4, -0.2) is 27.1 Å². The molecule has 0 saturated heterocycles. The minimum atomic E-state index is 0.599. The van der Waals surface area contributed by atoms with Gasteiger partial charge in [0, 0.05) is 0 Å². The SMILES string of the molecule is CCCCOC(=S)SCSC(=S)OCCCC. The Labute approximate surface area is 124 Å². The first-order chi connectivity index (χ1) is 8.20. The standard InChI is InChI=1S/C11H20O2S4/c1-3-5-7-12-10(14)16-9-17-11(15)13-8-6-4-2/h3-9H2,1-2H3. The molecule has 17 heavy (non-hydrogen) atoms. The molecule has 0 radical (unpaired) electrons. The second-order valence-electron chi connectivity index (χ2n) is 3.31. The lowest BCUT2D eigenvalue weighted by atomic mass is 10.4. The molecule has 0 N–H and O–H groups in total. The third-order valence-corrected chi connectivity index (χ3v) is 4.38. The second-order valence-corrected chi connectivity index (χ2v) is 6.83. The summed E-state index contributed by atoms with van der Waals surface area (Å²) in [5.74, 6) is 0. The van der Waals surface area contributed by atoms with Crippen LogP contribution in [0.5, 0.6) is 0 Å². The van der Waals surface area contributed by atoms with E-state index in [0.717, 1.165) is 30.8 Å². The van der Waals surface area contributed by atoms with Crippen molar-refractivity contribution in [1.29, 1.82) is 0 Å². The maximum Gasteiger partial charge on any atom is 0.220 e. The number of thioether (sulfide) groups is 2. The fraction of sp³-hybridized carbons (Fsp3) is 0.818. The number of rotatable bonds is 8. The molecule has 6 heteroatoms. The van der Waals surface area contributed by atoms with Gasteiger partial charge in [0.05, 0.1) is 18.3 Å². The molecule has 0 heterocycles. The molecule has 0 aliphatic heterocycles. The first-order valence-corrected chi connectivity index (χ1v) is 8.58. The van der Waals surface area contributed by atoms with Crippen LogP contribution in [-0.2, 0) is 9.47 Å². The highest BCUT2D eigenvalue weighted by Gasteiger charge is 2.02. The normalized spacial score (nSPS) is 10.0. The zero-order chi connectivity index (χ0) is 12.9. The summed E-state index contributed by atoms with van der Waals surface area (Å²) in [6, 6.07) is 0. The predicted molar refractivity (Wildman–Crippen MR) is 87.0 cm³/mol. The van der Waals surface area contributed by atoms with Crippen LogP contribution in [0, 0.1) is 0 Å². The number of hydrogen-bond donors (Lipinski definition) is 0. The van der Waals surface area contributed by atoms with Crippen molar-refractivity contribution in [2.45, 2.75) is 39.5 Å². The lowest BCUT2D eigenvalue weighted by molar-refractivity contribution is 0.313. The average molecular weight is 313 g/mol. The Morgan fingerprint density at radius 3 is 1.65 bits per heavy atom. The maximum absolute atomic E-state index is 5.36. The van der Waals surface area contributed by atoms with Crippen LogP contribution in [0.3, 0.4) is 0 Å². The van der Waals surface area contributed by atoms with Gasteiger partial charge in [-0.3, -0.25) is 0 Å². The Balaban J connectivity index is 3.36. The summed E-state index contributed by atoms with van der Waals surface area (Å²) in [7, 11) is 0. The molecular weight excluding hydrogens is 292 g/mol. The van der Waals surface area contributed by atoms with Crippen molar-refractivity contribution in [1.82, 2.24) is 0 Å². The van der Waals surface area contributed by atoms with Gasteiger partial charge < -0.3 is 9.47 Å². The zero-order valence-corrected chi connectivity index (χ0v) is 13.7. The van der Waals surface area contributed by atoms with Gasteiger partial charge in [0.25, 0.3) is 0 Å². The van der Waals surface area contributed by atoms with E-state index in [1.807, 2.05) is 0 Å². The average Bonchev–Trinajstić information content (AvgIpc) is 2.30. The van der Waals surface area contributed by atoms with E-state index in [2.05, 4.69) is 13.8 Å². The molecule has 0 spiro atoms. The number of ether oxygens (including phenoxy) is 2. The highest BCUT2D eigenvalue weighted by molar-refractivity contribution is 8.35. The number of thiocarbonyl (C=S) groups is 2.